The number of carbonyl (C=O) groups is 1. The summed E-state index contributed by atoms with van der Waals surface area (Å²) in [5.41, 5.74) is 1.07. The Morgan fingerprint density at radius 1 is 1.30 bits per heavy atom. The molecule has 0 saturated carbocycles. The van der Waals surface area contributed by atoms with Crippen molar-refractivity contribution in [3.05, 3.63) is 51.4 Å². The third kappa shape index (κ3) is 4.71. The molecule has 7 nitrogen and oxygen atoms in total. The zero-order valence-corrected chi connectivity index (χ0v) is 16.4. The highest BCUT2D eigenvalue weighted by atomic mass is 32.1. The summed E-state index contributed by atoms with van der Waals surface area (Å²) in [7, 11) is 0. The fraction of sp³-hybridized carbons (Fsp3) is 0.368. The lowest BCUT2D eigenvalue weighted by Gasteiger charge is -2.09. The molecule has 1 N–H and O–H groups in total. The maximum Gasteiger partial charge on any atom is 0.275 e. The van der Waals surface area contributed by atoms with Gasteiger partial charge in [-0.05, 0) is 30.7 Å². The first-order valence-corrected chi connectivity index (χ1v) is 9.70. The Hall–Kier alpha value is -2.74. The maximum absolute atomic E-state index is 12.2. The number of rotatable bonds is 7. The Kier molecular flexibility index (Phi) is 5.85. The lowest BCUT2D eigenvalue weighted by Crippen LogP contribution is -2.17. The molecule has 8 heteroatoms. The average Bonchev–Trinajstić information content (AvgIpc) is 3.04. The molecule has 0 fully saturated rings. The van der Waals surface area contributed by atoms with Crippen LogP contribution >= 0.6 is 11.3 Å². The molecule has 2 aromatic heterocycles. The predicted molar refractivity (Wildman–Crippen MR) is 105 cm³/mol. The first-order chi connectivity index (χ1) is 13.0. The second kappa shape index (κ2) is 8.30. The fourth-order valence-corrected chi connectivity index (χ4v) is 3.38. The van der Waals surface area contributed by atoms with Crippen LogP contribution in [0.4, 0.5) is 5.69 Å². The molecule has 1 amide bonds. The Morgan fingerprint density at radius 2 is 2.04 bits per heavy atom. The van der Waals surface area contributed by atoms with Crippen LogP contribution in [0.3, 0.4) is 0 Å². The zero-order chi connectivity index (χ0) is 19.4. The van der Waals surface area contributed by atoms with Gasteiger partial charge in [-0.3, -0.25) is 9.59 Å². The molecule has 0 bridgehead atoms. The second-order valence-electron chi connectivity index (χ2n) is 6.48. The number of nitrogens with zero attached hydrogens (tertiary/aromatic N) is 3. The van der Waals surface area contributed by atoms with Gasteiger partial charge in [0.25, 0.3) is 5.56 Å². The second-order valence-corrected chi connectivity index (χ2v) is 7.52. The van der Waals surface area contributed by atoms with Gasteiger partial charge in [0, 0.05) is 24.1 Å². The van der Waals surface area contributed by atoms with Gasteiger partial charge in [-0.1, -0.05) is 32.1 Å². The van der Waals surface area contributed by atoms with Crippen LogP contribution in [0.15, 0.2) is 35.1 Å². The average molecular weight is 386 g/mol. The SMILES string of the molecule is CCCc1nn2c(=O)cc(COc3ccc(NC(=O)C(C)C)cc3)nc2s1. The Bertz CT molecular complexity index is 992. The van der Waals surface area contributed by atoms with Gasteiger partial charge in [-0.25, -0.2) is 4.98 Å². The number of anilines is 1. The van der Waals surface area contributed by atoms with E-state index in [2.05, 4.69) is 22.3 Å². The fourth-order valence-electron chi connectivity index (χ4n) is 2.36. The third-order valence-corrected chi connectivity index (χ3v) is 4.80. The Labute approximate surface area is 161 Å². The van der Waals surface area contributed by atoms with E-state index in [0.29, 0.717) is 22.1 Å². The van der Waals surface area contributed by atoms with Gasteiger partial charge in [0.05, 0.1) is 5.69 Å². The number of ether oxygens (including phenoxy) is 1. The van der Waals surface area contributed by atoms with Crippen molar-refractivity contribution in [1.29, 1.82) is 0 Å². The van der Waals surface area contributed by atoms with Crippen molar-refractivity contribution in [2.24, 2.45) is 5.92 Å². The summed E-state index contributed by atoms with van der Waals surface area (Å²) < 4.78 is 7.06. The van der Waals surface area contributed by atoms with Crippen LogP contribution in [0.5, 0.6) is 5.75 Å². The molecule has 142 valence electrons. The number of hydrogen-bond donors (Lipinski definition) is 1. The van der Waals surface area contributed by atoms with Crippen LogP contribution in [0.25, 0.3) is 4.96 Å². The summed E-state index contributed by atoms with van der Waals surface area (Å²) in [6.07, 6.45) is 1.80. The number of aryl methyl sites for hydroxylation is 1. The summed E-state index contributed by atoms with van der Waals surface area (Å²) in [5, 5.41) is 8.02. The molecule has 3 aromatic rings. The highest BCUT2D eigenvalue weighted by Crippen LogP contribution is 2.18. The van der Waals surface area contributed by atoms with E-state index in [0.717, 1.165) is 17.8 Å². The van der Waals surface area contributed by atoms with E-state index in [4.69, 9.17) is 4.74 Å². The van der Waals surface area contributed by atoms with Crippen LogP contribution in [0.2, 0.25) is 0 Å². The van der Waals surface area contributed by atoms with E-state index in [-0.39, 0.29) is 24.0 Å². The number of carbonyl (C=O) groups excluding carboxylic acids is 1. The summed E-state index contributed by atoms with van der Waals surface area (Å²) in [5.74, 6) is 0.523. The molecule has 0 atom stereocenters. The first-order valence-electron chi connectivity index (χ1n) is 8.88. The van der Waals surface area contributed by atoms with E-state index in [1.54, 1.807) is 24.3 Å². The highest BCUT2D eigenvalue weighted by molar-refractivity contribution is 7.16. The molecule has 0 radical (unpaired) electrons. The van der Waals surface area contributed by atoms with E-state index < -0.39 is 0 Å². The van der Waals surface area contributed by atoms with Crippen molar-refractivity contribution in [3.63, 3.8) is 0 Å². The van der Waals surface area contributed by atoms with E-state index in [9.17, 15) is 9.59 Å². The smallest absolute Gasteiger partial charge is 0.275 e. The number of nitrogens with one attached hydrogen (secondary N) is 1. The number of benzene rings is 1. The number of hydrogen-bond acceptors (Lipinski definition) is 6. The van der Waals surface area contributed by atoms with Gasteiger partial charge in [-0.15, -0.1) is 0 Å². The summed E-state index contributed by atoms with van der Waals surface area (Å²) in [6.45, 7) is 5.94. The Balaban J connectivity index is 1.67. The van der Waals surface area contributed by atoms with E-state index >= 15 is 0 Å². The molecule has 3 rings (SSSR count). The van der Waals surface area contributed by atoms with Crippen LogP contribution < -0.4 is 15.6 Å². The summed E-state index contributed by atoms with van der Waals surface area (Å²) >= 11 is 1.43. The van der Waals surface area contributed by atoms with Gasteiger partial charge in [0.15, 0.2) is 0 Å². The first kappa shape index (κ1) is 19.0. The molecule has 0 saturated heterocycles. The van der Waals surface area contributed by atoms with Gasteiger partial charge in [0.1, 0.15) is 17.4 Å². The molecule has 27 heavy (non-hydrogen) atoms. The lowest BCUT2D eigenvalue weighted by atomic mass is 10.2. The quantitative estimate of drug-likeness (QED) is 0.673. The summed E-state index contributed by atoms with van der Waals surface area (Å²) in [4.78, 5) is 29.0. The molecule has 0 aliphatic carbocycles. The van der Waals surface area contributed by atoms with Crippen molar-refractivity contribution in [2.45, 2.75) is 40.2 Å². The van der Waals surface area contributed by atoms with Crippen molar-refractivity contribution in [2.75, 3.05) is 5.32 Å². The van der Waals surface area contributed by atoms with Gasteiger partial charge in [0.2, 0.25) is 10.9 Å². The normalized spacial score (nSPS) is 11.1. The van der Waals surface area contributed by atoms with Crippen molar-refractivity contribution >= 4 is 27.9 Å². The molecular weight excluding hydrogens is 364 g/mol. The van der Waals surface area contributed by atoms with Crippen molar-refractivity contribution in [3.8, 4) is 5.75 Å². The van der Waals surface area contributed by atoms with Crippen LogP contribution in [0, 0.1) is 5.92 Å². The lowest BCUT2D eigenvalue weighted by molar-refractivity contribution is -0.118. The number of aromatic nitrogens is 3. The van der Waals surface area contributed by atoms with Gasteiger partial charge >= 0.3 is 0 Å². The maximum atomic E-state index is 12.2. The van der Waals surface area contributed by atoms with E-state index in [1.165, 1.54) is 21.9 Å². The Morgan fingerprint density at radius 3 is 2.70 bits per heavy atom. The van der Waals surface area contributed by atoms with E-state index in [1.807, 2.05) is 13.8 Å². The topological polar surface area (TPSA) is 85.6 Å². The van der Waals surface area contributed by atoms with Gasteiger partial charge in [-0.2, -0.15) is 9.61 Å². The minimum absolute atomic E-state index is 0.0337. The highest BCUT2D eigenvalue weighted by Gasteiger charge is 2.10. The van der Waals surface area contributed by atoms with Gasteiger partial charge < -0.3 is 10.1 Å². The molecule has 0 spiro atoms. The molecular formula is C19H22N4O3S. The summed E-state index contributed by atoms with van der Waals surface area (Å²) in [6, 6.07) is 8.54. The predicted octanol–water partition coefficient (Wildman–Crippen LogP) is 3.28. The van der Waals surface area contributed by atoms with Crippen molar-refractivity contribution in [1.82, 2.24) is 14.6 Å². The zero-order valence-electron chi connectivity index (χ0n) is 15.6. The molecule has 2 heterocycles. The largest absolute Gasteiger partial charge is 0.487 e. The van der Waals surface area contributed by atoms with Crippen LogP contribution in [-0.2, 0) is 17.8 Å². The van der Waals surface area contributed by atoms with Crippen LogP contribution in [-0.4, -0.2) is 20.5 Å². The van der Waals surface area contributed by atoms with Crippen LogP contribution in [0.1, 0.15) is 37.9 Å². The van der Waals surface area contributed by atoms with Crippen molar-refractivity contribution < 1.29 is 9.53 Å². The molecule has 0 aliphatic heterocycles. The monoisotopic (exact) mass is 386 g/mol. The minimum Gasteiger partial charge on any atom is -0.487 e. The number of amides is 1. The molecule has 0 unspecified atom stereocenters. The molecule has 1 aromatic carbocycles. The number of fused-ring (bicyclic) bond motifs is 1. The molecule has 0 aliphatic rings. The standard InChI is InChI=1S/C19H22N4O3S/c1-4-5-16-22-23-17(24)10-14(21-19(23)27-16)11-26-15-8-6-13(7-9-15)20-18(25)12(2)3/h6-10,12H,4-5,11H2,1-3H3,(H,20,25). The minimum atomic E-state index is -0.205. The third-order valence-electron chi connectivity index (χ3n) is 3.84.